The molecule has 116 valence electrons. The van der Waals surface area contributed by atoms with Crippen LogP contribution < -0.4 is 10.2 Å². The Balaban J connectivity index is 2.38. The minimum absolute atomic E-state index is 0.0397. The summed E-state index contributed by atoms with van der Waals surface area (Å²) in [6, 6.07) is 3.01. The molecule has 0 bridgehead atoms. The topological polar surface area (TPSA) is 101 Å². The van der Waals surface area contributed by atoms with Crippen molar-refractivity contribution in [3.63, 3.8) is 0 Å². The molecule has 0 aliphatic carbocycles. The Bertz CT molecular complexity index is 511. The van der Waals surface area contributed by atoms with Crippen molar-refractivity contribution in [2.75, 3.05) is 36.5 Å². The first kappa shape index (κ1) is 15.5. The molecule has 1 aromatic heterocycles. The Kier molecular flexibility index (Phi) is 4.92. The van der Waals surface area contributed by atoms with E-state index < -0.39 is 4.92 Å². The van der Waals surface area contributed by atoms with Gasteiger partial charge in [0, 0.05) is 19.2 Å². The summed E-state index contributed by atoms with van der Waals surface area (Å²) >= 11 is 0. The smallest absolute Gasteiger partial charge is 0.311 e. The van der Waals surface area contributed by atoms with Crippen molar-refractivity contribution in [2.45, 2.75) is 26.0 Å². The monoisotopic (exact) mass is 296 g/mol. The molecule has 2 rings (SSSR count). The van der Waals surface area contributed by atoms with Crippen LogP contribution in [0.2, 0.25) is 0 Å². The van der Waals surface area contributed by atoms with Crippen LogP contribution in [0.5, 0.6) is 0 Å². The van der Waals surface area contributed by atoms with Crippen LogP contribution in [0.3, 0.4) is 0 Å². The first-order valence-corrected chi connectivity index (χ1v) is 6.95. The zero-order valence-corrected chi connectivity index (χ0v) is 12.2. The summed E-state index contributed by atoms with van der Waals surface area (Å²) in [5.41, 5.74) is -0.0397. The van der Waals surface area contributed by atoms with Crippen molar-refractivity contribution >= 4 is 17.3 Å². The van der Waals surface area contributed by atoms with E-state index in [0.29, 0.717) is 31.3 Å². The molecule has 0 spiro atoms. The van der Waals surface area contributed by atoms with Crippen LogP contribution in [0.4, 0.5) is 17.3 Å². The number of rotatable bonds is 5. The van der Waals surface area contributed by atoms with Crippen LogP contribution in [-0.4, -0.2) is 53.5 Å². The summed E-state index contributed by atoms with van der Waals surface area (Å²) in [6.07, 6.45) is -0.356. The first-order valence-electron chi connectivity index (χ1n) is 6.95. The fourth-order valence-electron chi connectivity index (χ4n) is 2.30. The van der Waals surface area contributed by atoms with Crippen LogP contribution in [0.15, 0.2) is 12.1 Å². The van der Waals surface area contributed by atoms with Crippen molar-refractivity contribution in [1.82, 2.24) is 4.98 Å². The van der Waals surface area contributed by atoms with Gasteiger partial charge in [-0.3, -0.25) is 10.1 Å². The number of anilines is 2. The molecular formula is C13H20N4O4. The minimum Gasteiger partial charge on any atom is -0.394 e. The third kappa shape index (κ3) is 3.40. The average Bonchev–Trinajstić information content (AvgIpc) is 2.48. The number of ether oxygens (including phenoxy) is 1. The number of aliphatic hydroxyl groups excluding tert-OH is 1. The number of hydrogen-bond acceptors (Lipinski definition) is 7. The first-order chi connectivity index (χ1) is 10.1. The van der Waals surface area contributed by atoms with Gasteiger partial charge in [-0.1, -0.05) is 0 Å². The normalized spacial score (nSPS) is 22.1. The summed E-state index contributed by atoms with van der Waals surface area (Å²) in [7, 11) is 0. The number of pyridine rings is 1. The number of nitrogens with one attached hydrogen (secondary N) is 1. The molecule has 0 amide bonds. The highest BCUT2D eigenvalue weighted by atomic mass is 16.6. The van der Waals surface area contributed by atoms with Gasteiger partial charge in [0.2, 0.25) is 5.82 Å². The zero-order valence-electron chi connectivity index (χ0n) is 12.2. The van der Waals surface area contributed by atoms with Gasteiger partial charge in [0.05, 0.1) is 30.3 Å². The second kappa shape index (κ2) is 6.68. The molecule has 2 atom stereocenters. The van der Waals surface area contributed by atoms with Crippen molar-refractivity contribution in [1.29, 1.82) is 0 Å². The van der Waals surface area contributed by atoms with Crippen LogP contribution in [0.25, 0.3) is 0 Å². The highest BCUT2D eigenvalue weighted by Crippen LogP contribution is 2.30. The standard InChI is InChI=1S/C13H20N4O4/c1-3-14-12-5-4-11(17(19)20)13(15-12)16-6-10(7-18)21-8-9(16)2/h4-5,9-10,18H,3,6-8H2,1-2H3,(H,14,15). The largest absolute Gasteiger partial charge is 0.394 e. The Morgan fingerprint density at radius 2 is 2.38 bits per heavy atom. The van der Waals surface area contributed by atoms with Crippen LogP contribution in [-0.2, 0) is 4.74 Å². The molecule has 0 radical (unpaired) electrons. The highest BCUT2D eigenvalue weighted by Gasteiger charge is 2.31. The Labute approximate surface area is 122 Å². The SMILES string of the molecule is CCNc1ccc([N+](=O)[O-])c(N2CC(CO)OCC2C)n1. The lowest BCUT2D eigenvalue weighted by molar-refractivity contribution is -0.384. The lowest BCUT2D eigenvalue weighted by Gasteiger charge is -2.37. The van der Waals surface area contributed by atoms with Gasteiger partial charge in [0.15, 0.2) is 0 Å². The van der Waals surface area contributed by atoms with E-state index in [1.807, 2.05) is 18.7 Å². The number of nitro groups is 1. The number of hydrogen-bond donors (Lipinski definition) is 2. The van der Waals surface area contributed by atoms with Crippen molar-refractivity contribution < 1.29 is 14.8 Å². The van der Waals surface area contributed by atoms with E-state index in [1.54, 1.807) is 6.07 Å². The molecule has 2 N–H and O–H groups in total. The molecule has 2 unspecified atom stereocenters. The zero-order chi connectivity index (χ0) is 15.4. The van der Waals surface area contributed by atoms with Gasteiger partial charge >= 0.3 is 5.69 Å². The van der Waals surface area contributed by atoms with Gasteiger partial charge < -0.3 is 20.1 Å². The third-order valence-corrected chi connectivity index (χ3v) is 3.39. The summed E-state index contributed by atoms with van der Waals surface area (Å²) in [4.78, 5) is 17.0. The van der Waals surface area contributed by atoms with Gasteiger partial charge in [0.1, 0.15) is 5.82 Å². The molecule has 8 nitrogen and oxygen atoms in total. The van der Waals surface area contributed by atoms with E-state index in [0.717, 1.165) is 0 Å². The van der Waals surface area contributed by atoms with Gasteiger partial charge in [-0.05, 0) is 19.9 Å². The van der Waals surface area contributed by atoms with Crippen molar-refractivity contribution in [3.05, 3.63) is 22.2 Å². The summed E-state index contributed by atoms with van der Waals surface area (Å²) < 4.78 is 5.46. The van der Waals surface area contributed by atoms with E-state index >= 15 is 0 Å². The van der Waals surface area contributed by atoms with E-state index in [4.69, 9.17) is 4.74 Å². The summed E-state index contributed by atoms with van der Waals surface area (Å²) in [6.45, 7) is 5.18. The fraction of sp³-hybridized carbons (Fsp3) is 0.615. The van der Waals surface area contributed by atoms with E-state index in [2.05, 4.69) is 10.3 Å². The molecular weight excluding hydrogens is 276 g/mol. The van der Waals surface area contributed by atoms with Crippen LogP contribution in [0.1, 0.15) is 13.8 Å². The molecule has 1 aromatic rings. The molecule has 1 aliphatic rings. The molecule has 1 aliphatic heterocycles. The van der Waals surface area contributed by atoms with E-state index in [1.165, 1.54) is 6.07 Å². The number of aliphatic hydroxyl groups is 1. The summed E-state index contributed by atoms with van der Waals surface area (Å²) in [5.74, 6) is 0.907. The molecule has 2 heterocycles. The maximum Gasteiger partial charge on any atom is 0.311 e. The summed E-state index contributed by atoms with van der Waals surface area (Å²) in [5, 5.41) is 23.5. The van der Waals surface area contributed by atoms with E-state index in [9.17, 15) is 15.2 Å². The molecule has 1 fully saturated rings. The predicted molar refractivity (Wildman–Crippen MR) is 78.7 cm³/mol. The third-order valence-electron chi connectivity index (χ3n) is 3.39. The molecule has 0 saturated carbocycles. The van der Waals surface area contributed by atoms with Crippen LogP contribution >= 0.6 is 0 Å². The van der Waals surface area contributed by atoms with E-state index in [-0.39, 0.29) is 24.4 Å². The second-order valence-corrected chi connectivity index (χ2v) is 4.97. The maximum atomic E-state index is 11.2. The van der Waals surface area contributed by atoms with Crippen LogP contribution in [0, 0.1) is 10.1 Å². The Hall–Kier alpha value is -1.93. The molecule has 1 saturated heterocycles. The van der Waals surface area contributed by atoms with Gasteiger partial charge in [-0.25, -0.2) is 4.98 Å². The van der Waals surface area contributed by atoms with Gasteiger partial charge in [-0.2, -0.15) is 0 Å². The molecule has 21 heavy (non-hydrogen) atoms. The lowest BCUT2D eigenvalue weighted by atomic mass is 10.2. The average molecular weight is 296 g/mol. The van der Waals surface area contributed by atoms with Crippen molar-refractivity contribution in [3.8, 4) is 0 Å². The van der Waals surface area contributed by atoms with Gasteiger partial charge in [-0.15, -0.1) is 0 Å². The minimum atomic E-state index is -0.436. The van der Waals surface area contributed by atoms with Crippen molar-refractivity contribution in [2.24, 2.45) is 0 Å². The molecule has 0 aromatic carbocycles. The maximum absolute atomic E-state index is 11.2. The number of morpholine rings is 1. The molecule has 8 heteroatoms. The Morgan fingerprint density at radius 1 is 1.62 bits per heavy atom. The quantitative estimate of drug-likeness (QED) is 0.617. The predicted octanol–water partition coefficient (Wildman–Crippen LogP) is 1.01. The highest BCUT2D eigenvalue weighted by molar-refractivity contribution is 5.62. The Morgan fingerprint density at radius 3 is 3.00 bits per heavy atom. The lowest BCUT2D eigenvalue weighted by Crippen LogP contribution is -2.50. The fourth-order valence-corrected chi connectivity index (χ4v) is 2.30. The van der Waals surface area contributed by atoms with Gasteiger partial charge in [0.25, 0.3) is 0 Å². The number of aromatic nitrogens is 1. The number of nitrogens with zero attached hydrogens (tertiary/aromatic N) is 3. The second-order valence-electron chi connectivity index (χ2n) is 4.97.